The van der Waals surface area contributed by atoms with E-state index in [1.54, 1.807) is 19.1 Å². The first-order chi connectivity index (χ1) is 12.7. The maximum Gasteiger partial charge on any atom is 0.257 e. The number of hydrogen-bond acceptors (Lipinski definition) is 5. The van der Waals surface area contributed by atoms with Gasteiger partial charge in [0.2, 0.25) is 5.95 Å². The molecule has 6 nitrogen and oxygen atoms in total. The van der Waals surface area contributed by atoms with Crippen molar-refractivity contribution in [1.82, 2.24) is 14.9 Å². The van der Waals surface area contributed by atoms with Gasteiger partial charge in [-0.15, -0.1) is 0 Å². The number of nitrogens with one attached hydrogen (secondary N) is 1. The molecule has 0 bridgehead atoms. The van der Waals surface area contributed by atoms with Gasteiger partial charge in [0.25, 0.3) is 5.91 Å². The highest BCUT2D eigenvalue weighted by Crippen LogP contribution is 2.15. The number of benzene rings is 2. The van der Waals surface area contributed by atoms with E-state index in [1.165, 1.54) is 12.4 Å². The number of carbonyl (C=O) groups is 1. The number of hydrogen-bond donors (Lipinski definition) is 1. The van der Waals surface area contributed by atoms with Crippen LogP contribution in [0.15, 0.2) is 67.0 Å². The van der Waals surface area contributed by atoms with E-state index in [4.69, 9.17) is 4.74 Å². The molecule has 26 heavy (non-hydrogen) atoms. The summed E-state index contributed by atoms with van der Waals surface area (Å²) in [4.78, 5) is 22.6. The highest BCUT2D eigenvalue weighted by Gasteiger charge is 2.13. The quantitative estimate of drug-likeness (QED) is 0.738. The minimum Gasteiger partial charge on any atom is -0.497 e. The van der Waals surface area contributed by atoms with Gasteiger partial charge in [-0.3, -0.25) is 4.79 Å². The Hall–Kier alpha value is -3.41. The summed E-state index contributed by atoms with van der Waals surface area (Å²) >= 11 is 0. The summed E-state index contributed by atoms with van der Waals surface area (Å²) in [5, 5.41) is 3.09. The van der Waals surface area contributed by atoms with Crippen molar-refractivity contribution in [3.63, 3.8) is 0 Å². The average Bonchev–Trinajstić information content (AvgIpc) is 2.69. The standard InChI is InChI=1S/C20H20N4O2/c1-24(14-15-7-6-10-18(11-15)26-2)19(25)16-12-21-20(22-13-16)23-17-8-4-3-5-9-17/h3-13H,14H2,1-2H3,(H,21,22,23). The fourth-order valence-corrected chi connectivity index (χ4v) is 2.49. The maximum absolute atomic E-state index is 12.6. The van der Waals surface area contributed by atoms with Crippen molar-refractivity contribution in [3.05, 3.63) is 78.1 Å². The third-order valence-electron chi connectivity index (χ3n) is 3.83. The van der Waals surface area contributed by atoms with Gasteiger partial charge in [-0.2, -0.15) is 0 Å². The van der Waals surface area contributed by atoms with Gasteiger partial charge >= 0.3 is 0 Å². The van der Waals surface area contributed by atoms with Crippen molar-refractivity contribution in [1.29, 1.82) is 0 Å². The van der Waals surface area contributed by atoms with Gasteiger partial charge in [-0.05, 0) is 29.8 Å². The molecule has 6 heteroatoms. The molecule has 0 atom stereocenters. The Morgan fingerprint density at radius 2 is 1.81 bits per heavy atom. The molecule has 1 heterocycles. The van der Waals surface area contributed by atoms with Crippen LogP contribution in [-0.2, 0) is 6.54 Å². The number of amides is 1. The predicted octanol–water partition coefficient (Wildman–Crippen LogP) is 3.50. The van der Waals surface area contributed by atoms with Gasteiger partial charge in [-0.1, -0.05) is 30.3 Å². The molecule has 2 aromatic carbocycles. The fraction of sp³-hybridized carbons (Fsp3) is 0.150. The lowest BCUT2D eigenvalue weighted by Crippen LogP contribution is -2.26. The molecule has 0 spiro atoms. The molecule has 0 fully saturated rings. The first-order valence-corrected chi connectivity index (χ1v) is 8.18. The van der Waals surface area contributed by atoms with Crippen molar-refractivity contribution in [2.24, 2.45) is 0 Å². The van der Waals surface area contributed by atoms with Gasteiger partial charge in [0.1, 0.15) is 5.75 Å². The minimum atomic E-state index is -0.140. The molecule has 132 valence electrons. The number of anilines is 2. The zero-order valence-corrected chi connectivity index (χ0v) is 14.7. The second-order valence-electron chi connectivity index (χ2n) is 5.80. The second kappa shape index (κ2) is 8.11. The Bertz CT molecular complexity index is 866. The lowest BCUT2D eigenvalue weighted by Gasteiger charge is -2.17. The van der Waals surface area contributed by atoms with Gasteiger partial charge in [0, 0.05) is 31.7 Å². The Kier molecular flexibility index (Phi) is 5.43. The van der Waals surface area contributed by atoms with Crippen LogP contribution < -0.4 is 10.1 Å². The van der Waals surface area contributed by atoms with Gasteiger partial charge in [0.05, 0.1) is 12.7 Å². The first kappa shape index (κ1) is 17.4. The van der Waals surface area contributed by atoms with Crippen LogP contribution in [0.3, 0.4) is 0 Å². The molecule has 0 aliphatic carbocycles. The van der Waals surface area contributed by atoms with E-state index >= 15 is 0 Å². The van der Waals surface area contributed by atoms with Crippen LogP contribution in [0.25, 0.3) is 0 Å². The Morgan fingerprint density at radius 3 is 2.50 bits per heavy atom. The molecule has 1 amide bonds. The molecule has 0 saturated heterocycles. The van der Waals surface area contributed by atoms with Crippen molar-refractivity contribution in [3.8, 4) is 5.75 Å². The first-order valence-electron chi connectivity index (χ1n) is 8.18. The van der Waals surface area contributed by atoms with E-state index in [9.17, 15) is 4.79 Å². The average molecular weight is 348 g/mol. The van der Waals surface area contributed by atoms with Crippen LogP contribution in [0, 0.1) is 0 Å². The summed E-state index contributed by atoms with van der Waals surface area (Å²) < 4.78 is 5.21. The van der Waals surface area contributed by atoms with Crippen LogP contribution in [0.5, 0.6) is 5.75 Å². The van der Waals surface area contributed by atoms with Crippen molar-refractivity contribution in [2.75, 3.05) is 19.5 Å². The third kappa shape index (κ3) is 4.36. The highest BCUT2D eigenvalue weighted by atomic mass is 16.5. The Labute approximate surface area is 152 Å². The molecular weight excluding hydrogens is 328 g/mol. The molecule has 0 radical (unpaired) electrons. The maximum atomic E-state index is 12.6. The largest absolute Gasteiger partial charge is 0.497 e. The number of para-hydroxylation sites is 1. The monoisotopic (exact) mass is 348 g/mol. The smallest absolute Gasteiger partial charge is 0.257 e. The van der Waals surface area contributed by atoms with Crippen LogP contribution in [0.2, 0.25) is 0 Å². The summed E-state index contributed by atoms with van der Waals surface area (Å²) in [5.41, 5.74) is 2.32. The minimum absolute atomic E-state index is 0.140. The lowest BCUT2D eigenvalue weighted by atomic mass is 10.2. The van der Waals surface area contributed by atoms with E-state index < -0.39 is 0 Å². The molecule has 0 aliphatic heterocycles. The number of aromatic nitrogens is 2. The fourth-order valence-electron chi connectivity index (χ4n) is 2.49. The van der Waals surface area contributed by atoms with E-state index in [1.807, 2.05) is 54.6 Å². The zero-order valence-electron chi connectivity index (χ0n) is 14.7. The number of nitrogens with zero attached hydrogens (tertiary/aromatic N) is 3. The SMILES string of the molecule is COc1cccc(CN(C)C(=O)c2cnc(Nc3ccccc3)nc2)c1. The van der Waals surface area contributed by atoms with E-state index in [0.717, 1.165) is 17.0 Å². The van der Waals surface area contributed by atoms with Crippen LogP contribution in [0.4, 0.5) is 11.6 Å². The lowest BCUT2D eigenvalue weighted by molar-refractivity contribution is 0.0784. The van der Waals surface area contributed by atoms with Gasteiger partial charge in [-0.25, -0.2) is 9.97 Å². The van der Waals surface area contributed by atoms with Crippen molar-refractivity contribution < 1.29 is 9.53 Å². The van der Waals surface area contributed by atoms with Gasteiger partial charge in [0.15, 0.2) is 0 Å². The normalized spacial score (nSPS) is 10.2. The molecule has 1 aromatic heterocycles. The third-order valence-corrected chi connectivity index (χ3v) is 3.83. The number of ether oxygens (including phenoxy) is 1. The molecule has 1 N–H and O–H groups in total. The summed E-state index contributed by atoms with van der Waals surface area (Å²) in [6, 6.07) is 17.3. The molecular formula is C20H20N4O2. The Morgan fingerprint density at radius 1 is 1.08 bits per heavy atom. The van der Waals surface area contributed by atoms with Crippen LogP contribution in [0.1, 0.15) is 15.9 Å². The number of carbonyl (C=O) groups excluding carboxylic acids is 1. The van der Waals surface area contributed by atoms with E-state index in [2.05, 4.69) is 15.3 Å². The summed E-state index contributed by atoms with van der Waals surface area (Å²) in [6.07, 6.45) is 3.06. The second-order valence-corrected chi connectivity index (χ2v) is 5.80. The van der Waals surface area contributed by atoms with E-state index in [0.29, 0.717) is 18.1 Å². The van der Waals surface area contributed by atoms with Crippen molar-refractivity contribution in [2.45, 2.75) is 6.54 Å². The number of rotatable bonds is 6. The van der Waals surface area contributed by atoms with Crippen LogP contribution in [-0.4, -0.2) is 34.9 Å². The molecule has 3 rings (SSSR count). The topological polar surface area (TPSA) is 67.3 Å². The molecule has 0 unspecified atom stereocenters. The van der Waals surface area contributed by atoms with Crippen LogP contribution >= 0.6 is 0 Å². The number of methoxy groups -OCH3 is 1. The molecule has 0 aliphatic rings. The Balaban J connectivity index is 1.65. The summed E-state index contributed by atoms with van der Waals surface area (Å²) in [6.45, 7) is 0.472. The van der Waals surface area contributed by atoms with E-state index in [-0.39, 0.29) is 5.91 Å². The molecule has 0 saturated carbocycles. The molecule has 3 aromatic rings. The zero-order chi connectivity index (χ0) is 18.4. The predicted molar refractivity (Wildman–Crippen MR) is 101 cm³/mol. The van der Waals surface area contributed by atoms with Crippen molar-refractivity contribution >= 4 is 17.5 Å². The summed E-state index contributed by atoms with van der Waals surface area (Å²) in [7, 11) is 3.37. The van der Waals surface area contributed by atoms with Gasteiger partial charge < -0.3 is 15.0 Å². The highest BCUT2D eigenvalue weighted by molar-refractivity contribution is 5.93. The summed E-state index contributed by atoms with van der Waals surface area (Å²) in [5.74, 6) is 1.07.